The lowest BCUT2D eigenvalue weighted by atomic mass is 9.92. The van der Waals surface area contributed by atoms with Crippen LogP contribution in [0.5, 0.6) is 5.75 Å². The summed E-state index contributed by atoms with van der Waals surface area (Å²) in [7, 11) is 1.76. The average Bonchev–Trinajstić information content (AvgIpc) is 2.41. The first-order valence-corrected chi connectivity index (χ1v) is 7.89. The Morgan fingerprint density at radius 2 is 2.28 bits per heavy atom. The van der Waals surface area contributed by atoms with Gasteiger partial charge in [0, 0.05) is 4.90 Å². The summed E-state index contributed by atoms with van der Waals surface area (Å²) in [5.74, 6) is 1.80. The van der Waals surface area contributed by atoms with Crippen molar-refractivity contribution in [2.24, 2.45) is 5.92 Å². The Hall–Kier alpha value is -0.670. The van der Waals surface area contributed by atoms with Crippen molar-refractivity contribution in [2.75, 3.05) is 26.5 Å². The van der Waals surface area contributed by atoms with Crippen LogP contribution < -0.4 is 10.1 Å². The molecule has 0 radical (unpaired) electrons. The molecule has 1 heterocycles. The highest BCUT2D eigenvalue weighted by Crippen LogP contribution is 2.31. The highest BCUT2D eigenvalue weighted by molar-refractivity contribution is 7.98. The monoisotopic (exact) mass is 265 g/mol. The van der Waals surface area contributed by atoms with Crippen LogP contribution in [0.4, 0.5) is 0 Å². The number of hydrogen-bond donors (Lipinski definition) is 1. The third kappa shape index (κ3) is 3.21. The van der Waals surface area contributed by atoms with Gasteiger partial charge >= 0.3 is 0 Å². The van der Waals surface area contributed by atoms with E-state index in [4.69, 9.17) is 4.74 Å². The predicted molar refractivity (Wildman–Crippen MR) is 78.8 cm³/mol. The Morgan fingerprint density at radius 1 is 1.44 bits per heavy atom. The van der Waals surface area contributed by atoms with Gasteiger partial charge < -0.3 is 10.1 Å². The Morgan fingerprint density at radius 3 is 2.89 bits per heavy atom. The zero-order valence-corrected chi connectivity index (χ0v) is 12.4. The molecule has 0 saturated carbocycles. The third-order valence-corrected chi connectivity index (χ3v) is 4.53. The number of benzene rings is 1. The molecule has 1 saturated heterocycles. The Balaban J connectivity index is 2.18. The fourth-order valence-electron chi connectivity index (χ4n) is 2.68. The summed E-state index contributed by atoms with van der Waals surface area (Å²) in [6, 6.07) is 4.49. The van der Waals surface area contributed by atoms with E-state index in [1.807, 2.05) is 11.8 Å². The average molecular weight is 265 g/mol. The normalized spacial score (nSPS) is 19.8. The topological polar surface area (TPSA) is 21.3 Å². The molecule has 1 fully saturated rings. The van der Waals surface area contributed by atoms with Gasteiger partial charge in [-0.2, -0.15) is 0 Å². The number of nitrogens with one attached hydrogen (secondary N) is 1. The Kier molecular flexibility index (Phi) is 4.95. The van der Waals surface area contributed by atoms with E-state index < -0.39 is 0 Å². The maximum atomic E-state index is 5.45. The number of ether oxygens (including phenoxy) is 1. The number of thioether (sulfide) groups is 1. The summed E-state index contributed by atoms with van der Waals surface area (Å²) >= 11 is 1.84. The minimum absolute atomic E-state index is 0.775. The summed E-state index contributed by atoms with van der Waals surface area (Å²) in [5.41, 5.74) is 2.67. The molecule has 0 amide bonds. The third-order valence-electron chi connectivity index (χ3n) is 3.71. The first-order valence-electron chi connectivity index (χ1n) is 6.66. The highest BCUT2D eigenvalue weighted by atomic mass is 32.2. The molecule has 1 aliphatic heterocycles. The van der Waals surface area contributed by atoms with E-state index >= 15 is 0 Å². The molecule has 0 aliphatic carbocycles. The minimum Gasteiger partial charge on any atom is -0.496 e. The van der Waals surface area contributed by atoms with E-state index in [9.17, 15) is 0 Å². The Bertz CT molecular complexity index is 400. The quantitative estimate of drug-likeness (QED) is 0.844. The fourth-order valence-corrected chi connectivity index (χ4v) is 3.38. The lowest BCUT2D eigenvalue weighted by Crippen LogP contribution is -2.30. The number of hydrogen-bond acceptors (Lipinski definition) is 3. The summed E-state index contributed by atoms with van der Waals surface area (Å²) in [4.78, 5) is 1.40. The Labute approximate surface area is 114 Å². The van der Waals surface area contributed by atoms with Crippen molar-refractivity contribution in [2.45, 2.75) is 31.1 Å². The van der Waals surface area contributed by atoms with Gasteiger partial charge in [-0.15, -0.1) is 11.8 Å². The van der Waals surface area contributed by atoms with Crippen LogP contribution in [0.2, 0.25) is 0 Å². The van der Waals surface area contributed by atoms with Crippen molar-refractivity contribution < 1.29 is 4.74 Å². The van der Waals surface area contributed by atoms with Crippen molar-refractivity contribution in [3.05, 3.63) is 23.3 Å². The molecule has 3 heteroatoms. The molecule has 1 unspecified atom stereocenters. The molecule has 100 valence electrons. The lowest BCUT2D eigenvalue weighted by molar-refractivity contribution is 0.372. The van der Waals surface area contributed by atoms with Crippen LogP contribution in [0.3, 0.4) is 0 Å². The van der Waals surface area contributed by atoms with Gasteiger partial charge in [-0.05, 0) is 74.7 Å². The zero-order valence-electron chi connectivity index (χ0n) is 11.6. The van der Waals surface area contributed by atoms with Crippen molar-refractivity contribution in [3.63, 3.8) is 0 Å². The SMILES string of the molecule is COc1cc(CC2CCCNC2)c(SC)cc1C. The van der Waals surface area contributed by atoms with Crippen LogP contribution in [0, 0.1) is 12.8 Å². The molecule has 2 rings (SSSR count). The van der Waals surface area contributed by atoms with Gasteiger partial charge in [0.1, 0.15) is 5.75 Å². The number of rotatable bonds is 4. The molecule has 0 aromatic heterocycles. The van der Waals surface area contributed by atoms with Gasteiger partial charge in [0.15, 0.2) is 0 Å². The molecule has 0 spiro atoms. The number of methoxy groups -OCH3 is 1. The molecule has 1 aromatic rings. The second-order valence-electron chi connectivity index (χ2n) is 5.05. The maximum Gasteiger partial charge on any atom is 0.122 e. The van der Waals surface area contributed by atoms with Crippen molar-refractivity contribution in [1.82, 2.24) is 5.32 Å². The summed E-state index contributed by atoms with van der Waals surface area (Å²) in [6.45, 7) is 4.46. The van der Waals surface area contributed by atoms with E-state index in [0.717, 1.165) is 18.2 Å². The van der Waals surface area contributed by atoms with Gasteiger partial charge in [-0.3, -0.25) is 0 Å². The molecule has 1 N–H and O–H groups in total. The summed E-state index contributed by atoms with van der Waals surface area (Å²) < 4.78 is 5.45. The van der Waals surface area contributed by atoms with Crippen LogP contribution in [0.25, 0.3) is 0 Å². The second kappa shape index (κ2) is 6.48. The standard InChI is InChI=1S/C15H23NOS/c1-11-7-15(18-3)13(9-14(11)17-2)8-12-5-4-6-16-10-12/h7,9,12,16H,4-6,8,10H2,1-3H3. The van der Waals surface area contributed by atoms with Crippen LogP contribution >= 0.6 is 11.8 Å². The molecule has 2 nitrogen and oxygen atoms in total. The van der Waals surface area contributed by atoms with Crippen molar-refractivity contribution >= 4 is 11.8 Å². The molecule has 1 atom stereocenters. The first-order chi connectivity index (χ1) is 8.74. The second-order valence-corrected chi connectivity index (χ2v) is 5.90. The smallest absolute Gasteiger partial charge is 0.122 e. The molecular formula is C15H23NOS. The van der Waals surface area contributed by atoms with Crippen LogP contribution in [0.1, 0.15) is 24.0 Å². The van der Waals surface area contributed by atoms with Crippen LogP contribution in [-0.2, 0) is 6.42 Å². The van der Waals surface area contributed by atoms with E-state index in [0.29, 0.717) is 0 Å². The van der Waals surface area contributed by atoms with Crippen LogP contribution in [0.15, 0.2) is 17.0 Å². The van der Waals surface area contributed by atoms with E-state index in [1.165, 1.54) is 41.8 Å². The van der Waals surface area contributed by atoms with Crippen molar-refractivity contribution in [1.29, 1.82) is 0 Å². The van der Waals surface area contributed by atoms with Gasteiger partial charge in [0.05, 0.1) is 7.11 Å². The van der Waals surface area contributed by atoms with Gasteiger partial charge in [-0.25, -0.2) is 0 Å². The minimum atomic E-state index is 0.775. The van der Waals surface area contributed by atoms with Gasteiger partial charge in [-0.1, -0.05) is 0 Å². The lowest BCUT2D eigenvalue weighted by Gasteiger charge is -2.24. The fraction of sp³-hybridized carbons (Fsp3) is 0.600. The predicted octanol–water partition coefficient (Wildman–Crippen LogP) is 3.27. The zero-order chi connectivity index (χ0) is 13.0. The van der Waals surface area contributed by atoms with Gasteiger partial charge in [0.25, 0.3) is 0 Å². The summed E-state index contributed by atoms with van der Waals surface area (Å²) in [5, 5.41) is 3.49. The molecule has 0 bridgehead atoms. The molecule has 18 heavy (non-hydrogen) atoms. The van der Waals surface area contributed by atoms with E-state index in [1.54, 1.807) is 7.11 Å². The maximum absolute atomic E-state index is 5.45. The molecule has 1 aromatic carbocycles. The molecule has 1 aliphatic rings. The highest BCUT2D eigenvalue weighted by Gasteiger charge is 2.16. The molecular weight excluding hydrogens is 242 g/mol. The number of aryl methyl sites for hydroxylation is 1. The summed E-state index contributed by atoms with van der Waals surface area (Å²) in [6.07, 6.45) is 5.98. The van der Waals surface area contributed by atoms with E-state index in [2.05, 4.69) is 30.6 Å². The van der Waals surface area contributed by atoms with E-state index in [-0.39, 0.29) is 0 Å². The number of piperidine rings is 1. The van der Waals surface area contributed by atoms with Crippen molar-refractivity contribution in [3.8, 4) is 5.75 Å². The van der Waals surface area contributed by atoms with Gasteiger partial charge in [0.2, 0.25) is 0 Å². The largest absolute Gasteiger partial charge is 0.496 e. The first kappa shape index (κ1) is 13.8. The van der Waals surface area contributed by atoms with Crippen LogP contribution in [-0.4, -0.2) is 26.5 Å².